The number of fused-ring (bicyclic) bond motifs is 1. The third-order valence-electron chi connectivity index (χ3n) is 3.36. The molecule has 1 aliphatic carbocycles. The first-order chi connectivity index (χ1) is 6.87. The molecule has 15 heavy (non-hydrogen) atoms. The first-order valence-corrected chi connectivity index (χ1v) is 5.42. The summed E-state index contributed by atoms with van der Waals surface area (Å²) in [6, 6.07) is 8.99. The van der Waals surface area contributed by atoms with Crippen LogP contribution >= 0.6 is 0 Å². The average Bonchev–Trinajstić information content (AvgIpc) is 2.14. The van der Waals surface area contributed by atoms with E-state index < -0.39 is 0 Å². The van der Waals surface area contributed by atoms with E-state index in [0.717, 1.165) is 6.42 Å². The molecule has 1 nitrogen and oxygen atoms in total. The van der Waals surface area contributed by atoms with E-state index in [-0.39, 0.29) is 10.8 Å². The number of benzene rings is 1. The molecule has 1 heteroatoms. The first kappa shape index (κ1) is 10.2. The van der Waals surface area contributed by atoms with Gasteiger partial charge in [-0.05, 0) is 35.4 Å². The number of rotatable bonds is 0. The molecule has 1 aliphatic rings. The van der Waals surface area contributed by atoms with E-state index >= 15 is 0 Å². The molecule has 1 aromatic rings. The molecule has 0 heterocycles. The second-order valence-corrected chi connectivity index (χ2v) is 5.74. The Hall–Kier alpha value is -1.29. The van der Waals surface area contributed by atoms with Crippen LogP contribution in [0.3, 0.4) is 0 Å². The summed E-state index contributed by atoms with van der Waals surface area (Å²) < 4.78 is 0. The van der Waals surface area contributed by atoms with Gasteiger partial charge in [-0.1, -0.05) is 39.0 Å². The topological polar surface area (TPSA) is 23.8 Å². The second-order valence-electron chi connectivity index (χ2n) is 5.74. The summed E-state index contributed by atoms with van der Waals surface area (Å²) in [7, 11) is 0. The Morgan fingerprint density at radius 3 is 2.53 bits per heavy atom. The summed E-state index contributed by atoms with van der Waals surface area (Å²) in [6.45, 7) is 8.65. The third-order valence-corrected chi connectivity index (χ3v) is 3.36. The van der Waals surface area contributed by atoms with Crippen molar-refractivity contribution in [2.45, 2.75) is 44.9 Å². The van der Waals surface area contributed by atoms with Gasteiger partial charge in [-0.25, -0.2) is 0 Å². The first-order valence-electron chi connectivity index (χ1n) is 5.42. The minimum atomic E-state index is -0.239. The van der Waals surface area contributed by atoms with Crippen molar-refractivity contribution in [2.24, 2.45) is 0 Å². The summed E-state index contributed by atoms with van der Waals surface area (Å²) in [6.07, 6.45) is 0.906. The van der Waals surface area contributed by atoms with Gasteiger partial charge in [0.1, 0.15) is 0 Å². The van der Waals surface area contributed by atoms with Crippen LogP contribution in [0.2, 0.25) is 0 Å². The molecule has 0 radical (unpaired) electrons. The Morgan fingerprint density at radius 1 is 1.33 bits per heavy atom. The van der Waals surface area contributed by atoms with E-state index in [0.29, 0.717) is 0 Å². The fourth-order valence-corrected chi connectivity index (χ4v) is 2.18. The van der Waals surface area contributed by atoms with Gasteiger partial charge in [0.2, 0.25) is 0 Å². The Labute approximate surface area is 91.7 Å². The molecule has 2 rings (SSSR count). The largest absolute Gasteiger partial charge is 0.197 e. The van der Waals surface area contributed by atoms with Crippen LogP contribution in [0.15, 0.2) is 18.2 Å². The van der Waals surface area contributed by atoms with Crippen molar-refractivity contribution < 1.29 is 0 Å². The Balaban J connectivity index is 2.49. The molecular formula is C14H17N. The molecule has 0 aromatic heterocycles. The van der Waals surface area contributed by atoms with Crippen LogP contribution in [0.5, 0.6) is 0 Å². The molecule has 0 fully saturated rings. The van der Waals surface area contributed by atoms with Crippen molar-refractivity contribution in [3.63, 3.8) is 0 Å². The van der Waals surface area contributed by atoms with Crippen molar-refractivity contribution in [1.82, 2.24) is 0 Å². The minimum absolute atomic E-state index is 0.168. The predicted octanol–water partition coefficient (Wildman–Crippen LogP) is 3.32. The summed E-state index contributed by atoms with van der Waals surface area (Å²) >= 11 is 0. The lowest BCUT2D eigenvalue weighted by molar-refractivity contribution is 0.520. The minimum Gasteiger partial charge on any atom is -0.197 e. The lowest BCUT2D eigenvalue weighted by Gasteiger charge is -2.36. The summed E-state index contributed by atoms with van der Waals surface area (Å²) in [5, 5.41) is 9.14. The van der Waals surface area contributed by atoms with Crippen LogP contribution in [0, 0.1) is 11.3 Å². The van der Waals surface area contributed by atoms with Crippen LogP contribution in [0.4, 0.5) is 0 Å². The highest BCUT2D eigenvalue weighted by atomic mass is 14.4. The van der Waals surface area contributed by atoms with Gasteiger partial charge >= 0.3 is 0 Å². The average molecular weight is 199 g/mol. The number of nitriles is 1. The van der Waals surface area contributed by atoms with Crippen LogP contribution < -0.4 is 0 Å². The molecule has 0 amide bonds. The molecule has 0 bridgehead atoms. The highest BCUT2D eigenvalue weighted by Gasteiger charge is 2.39. The van der Waals surface area contributed by atoms with E-state index in [9.17, 15) is 0 Å². The second kappa shape index (κ2) is 2.85. The maximum absolute atomic E-state index is 9.14. The van der Waals surface area contributed by atoms with Crippen molar-refractivity contribution in [2.75, 3.05) is 0 Å². The van der Waals surface area contributed by atoms with Crippen LogP contribution in [-0.4, -0.2) is 0 Å². The molecule has 1 atom stereocenters. The van der Waals surface area contributed by atoms with Crippen LogP contribution in [0.1, 0.15) is 44.4 Å². The summed E-state index contributed by atoms with van der Waals surface area (Å²) in [5.74, 6) is 0. The number of hydrogen-bond donors (Lipinski definition) is 0. The van der Waals surface area contributed by atoms with Gasteiger partial charge in [-0.2, -0.15) is 5.26 Å². The molecular weight excluding hydrogens is 182 g/mol. The van der Waals surface area contributed by atoms with Crippen LogP contribution in [0.25, 0.3) is 0 Å². The lowest BCUT2D eigenvalue weighted by Crippen LogP contribution is -2.34. The molecule has 0 saturated heterocycles. The maximum Gasteiger partial charge on any atom is 0.0837 e. The Morgan fingerprint density at radius 2 is 2.00 bits per heavy atom. The Bertz CT molecular complexity index is 445. The fourth-order valence-electron chi connectivity index (χ4n) is 2.18. The molecule has 1 aromatic carbocycles. The van der Waals surface area contributed by atoms with Gasteiger partial charge in [-0.3, -0.25) is 0 Å². The normalized spacial score (nSPS) is 23.9. The van der Waals surface area contributed by atoms with E-state index in [1.807, 2.05) is 6.92 Å². The van der Waals surface area contributed by atoms with Crippen LogP contribution in [-0.2, 0) is 17.3 Å². The van der Waals surface area contributed by atoms with Crippen molar-refractivity contribution in [3.8, 4) is 6.07 Å². The quantitative estimate of drug-likeness (QED) is 0.628. The Kier molecular flexibility index (Phi) is 1.95. The van der Waals surface area contributed by atoms with E-state index in [4.69, 9.17) is 5.26 Å². The monoisotopic (exact) mass is 199 g/mol. The molecule has 0 aliphatic heterocycles. The zero-order valence-corrected chi connectivity index (χ0v) is 9.89. The van der Waals surface area contributed by atoms with Gasteiger partial charge in [0, 0.05) is 0 Å². The molecule has 78 valence electrons. The highest BCUT2D eigenvalue weighted by Crippen LogP contribution is 2.42. The third kappa shape index (κ3) is 1.45. The number of hydrogen-bond acceptors (Lipinski definition) is 1. The van der Waals surface area contributed by atoms with Gasteiger partial charge < -0.3 is 0 Å². The van der Waals surface area contributed by atoms with E-state index in [1.54, 1.807) is 0 Å². The van der Waals surface area contributed by atoms with Gasteiger partial charge in [0.15, 0.2) is 0 Å². The van der Waals surface area contributed by atoms with Crippen molar-refractivity contribution >= 4 is 0 Å². The molecule has 0 saturated carbocycles. The highest BCUT2D eigenvalue weighted by molar-refractivity contribution is 5.51. The lowest BCUT2D eigenvalue weighted by atomic mass is 9.65. The van der Waals surface area contributed by atoms with Gasteiger partial charge in [0.25, 0.3) is 0 Å². The fraction of sp³-hybridized carbons (Fsp3) is 0.500. The van der Waals surface area contributed by atoms with Gasteiger partial charge in [0.05, 0.1) is 11.5 Å². The zero-order chi connectivity index (χ0) is 11.3. The molecule has 0 spiro atoms. The van der Waals surface area contributed by atoms with E-state index in [2.05, 4.69) is 45.0 Å². The molecule has 1 unspecified atom stereocenters. The smallest absolute Gasteiger partial charge is 0.0837 e. The van der Waals surface area contributed by atoms with Crippen molar-refractivity contribution in [3.05, 3.63) is 34.9 Å². The van der Waals surface area contributed by atoms with E-state index in [1.165, 1.54) is 16.7 Å². The number of nitrogens with zero attached hydrogens (tertiary/aromatic N) is 1. The summed E-state index contributed by atoms with van der Waals surface area (Å²) in [4.78, 5) is 0. The van der Waals surface area contributed by atoms with Crippen molar-refractivity contribution in [1.29, 1.82) is 5.26 Å². The SMILES string of the molecule is CC(C)(C)c1ccc2c(c1)C(C)(C#N)C2. The van der Waals surface area contributed by atoms with Gasteiger partial charge in [-0.15, -0.1) is 0 Å². The molecule has 0 N–H and O–H groups in total. The summed E-state index contributed by atoms with van der Waals surface area (Å²) in [5.41, 5.74) is 3.82. The maximum atomic E-state index is 9.14. The predicted molar refractivity (Wildman–Crippen MR) is 61.8 cm³/mol. The standard InChI is InChI=1S/C14H17N/c1-13(2,3)11-6-5-10-8-14(4,9-15)12(10)7-11/h5-7H,8H2,1-4H3. The zero-order valence-electron chi connectivity index (χ0n) is 9.89.